The highest BCUT2D eigenvalue weighted by Crippen LogP contribution is 2.38. The number of hydrogen-bond acceptors (Lipinski definition) is 1. The zero-order valence-electron chi connectivity index (χ0n) is 11.5. The lowest BCUT2D eigenvalue weighted by Crippen LogP contribution is -2.37. The lowest BCUT2D eigenvalue weighted by Gasteiger charge is -2.31. The normalized spacial score (nSPS) is 28.9. The Morgan fingerprint density at radius 2 is 1.94 bits per heavy atom. The molecule has 1 aliphatic carbocycles. The van der Waals surface area contributed by atoms with Crippen LogP contribution >= 0.6 is 0 Å². The number of piperidine rings is 1. The van der Waals surface area contributed by atoms with E-state index in [-0.39, 0.29) is 0 Å². The molecule has 0 spiro atoms. The largest absolute Gasteiger partial charge is 0.314 e. The maximum atomic E-state index is 3.63. The molecule has 2 atom stereocenters. The Morgan fingerprint density at radius 3 is 2.61 bits per heavy atom. The number of rotatable bonds is 3. The first-order chi connectivity index (χ1) is 8.83. The van der Waals surface area contributed by atoms with E-state index in [1.807, 2.05) is 0 Å². The smallest absolute Gasteiger partial charge is 0.00389 e. The molecule has 3 rings (SSSR count). The molecule has 2 fully saturated rings. The van der Waals surface area contributed by atoms with E-state index in [0.717, 1.165) is 17.9 Å². The van der Waals surface area contributed by atoms with Gasteiger partial charge in [-0.05, 0) is 68.5 Å². The minimum absolute atomic E-state index is 0.725. The predicted molar refractivity (Wildman–Crippen MR) is 76.9 cm³/mol. The number of hydrogen-bond donors (Lipinski definition) is 1. The van der Waals surface area contributed by atoms with E-state index in [4.69, 9.17) is 0 Å². The Labute approximate surface area is 111 Å². The Hall–Kier alpha value is -0.820. The van der Waals surface area contributed by atoms with Crippen molar-refractivity contribution in [3.05, 3.63) is 35.4 Å². The molecule has 1 nitrogen and oxygen atoms in total. The average molecular weight is 243 g/mol. The standard InChI is InChI=1S/C17H25N/c1-13-9-10-14(12-18-13)11-16-5-2-3-8-17(16)15-6-4-7-15/h2-3,5,8,13-15,18H,4,6-7,9-12H2,1H3. The molecule has 1 N–H and O–H groups in total. The van der Waals surface area contributed by atoms with E-state index < -0.39 is 0 Å². The van der Waals surface area contributed by atoms with Gasteiger partial charge in [0.2, 0.25) is 0 Å². The minimum Gasteiger partial charge on any atom is -0.314 e. The van der Waals surface area contributed by atoms with Crippen LogP contribution in [0.4, 0.5) is 0 Å². The molecule has 1 heteroatoms. The Morgan fingerprint density at radius 1 is 1.11 bits per heavy atom. The van der Waals surface area contributed by atoms with Crippen LogP contribution in [0.25, 0.3) is 0 Å². The van der Waals surface area contributed by atoms with Crippen molar-refractivity contribution in [3.63, 3.8) is 0 Å². The molecule has 1 aromatic carbocycles. The van der Waals surface area contributed by atoms with Crippen molar-refractivity contribution in [1.82, 2.24) is 5.32 Å². The molecule has 0 amide bonds. The van der Waals surface area contributed by atoms with Crippen LogP contribution in [-0.2, 0) is 6.42 Å². The van der Waals surface area contributed by atoms with E-state index in [9.17, 15) is 0 Å². The summed E-state index contributed by atoms with van der Waals surface area (Å²) in [6.07, 6.45) is 8.28. The molecule has 1 saturated carbocycles. The van der Waals surface area contributed by atoms with Crippen molar-refractivity contribution in [2.45, 2.75) is 57.4 Å². The van der Waals surface area contributed by atoms with E-state index in [0.29, 0.717) is 0 Å². The molecule has 0 bridgehead atoms. The van der Waals surface area contributed by atoms with Crippen molar-refractivity contribution in [2.75, 3.05) is 6.54 Å². The molecule has 18 heavy (non-hydrogen) atoms. The average Bonchev–Trinajstić information content (AvgIpc) is 2.32. The number of benzene rings is 1. The van der Waals surface area contributed by atoms with Gasteiger partial charge in [-0.25, -0.2) is 0 Å². The van der Waals surface area contributed by atoms with E-state index >= 15 is 0 Å². The van der Waals surface area contributed by atoms with Gasteiger partial charge in [-0.3, -0.25) is 0 Å². The van der Waals surface area contributed by atoms with Gasteiger partial charge in [0.05, 0.1) is 0 Å². The molecule has 2 unspecified atom stereocenters. The summed E-state index contributed by atoms with van der Waals surface area (Å²) in [5.41, 5.74) is 3.28. The summed E-state index contributed by atoms with van der Waals surface area (Å²) < 4.78 is 0. The summed E-state index contributed by atoms with van der Waals surface area (Å²) in [5.74, 6) is 1.72. The van der Waals surface area contributed by atoms with Gasteiger partial charge in [0.15, 0.2) is 0 Å². The quantitative estimate of drug-likeness (QED) is 0.849. The maximum absolute atomic E-state index is 3.63. The molecule has 1 saturated heterocycles. The summed E-state index contributed by atoms with van der Waals surface area (Å²) in [5, 5.41) is 3.63. The zero-order chi connectivity index (χ0) is 12.4. The van der Waals surface area contributed by atoms with Crippen molar-refractivity contribution < 1.29 is 0 Å². The SMILES string of the molecule is CC1CCC(Cc2ccccc2C2CCC2)CN1. The van der Waals surface area contributed by atoms with Crippen LogP contribution in [0.3, 0.4) is 0 Å². The minimum atomic E-state index is 0.725. The molecule has 0 radical (unpaired) electrons. The Balaban J connectivity index is 1.68. The predicted octanol–water partition coefficient (Wildman–Crippen LogP) is 3.88. The first kappa shape index (κ1) is 12.2. The fraction of sp³-hybridized carbons (Fsp3) is 0.647. The van der Waals surface area contributed by atoms with Gasteiger partial charge < -0.3 is 5.32 Å². The third kappa shape index (κ3) is 2.61. The van der Waals surface area contributed by atoms with Crippen molar-refractivity contribution >= 4 is 0 Å². The molecule has 98 valence electrons. The van der Waals surface area contributed by atoms with Gasteiger partial charge in [-0.15, -0.1) is 0 Å². The van der Waals surface area contributed by atoms with Crippen molar-refractivity contribution in [2.24, 2.45) is 5.92 Å². The van der Waals surface area contributed by atoms with Gasteiger partial charge in [0.1, 0.15) is 0 Å². The second-order valence-electron chi connectivity index (χ2n) is 6.28. The highest BCUT2D eigenvalue weighted by atomic mass is 14.9. The van der Waals surface area contributed by atoms with Gasteiger partial charge in [0.25, 0.3) is 0 Å². The molecule has 0 aromatic heterocycles. The second kappa shape index (κ2) is 5.44. The molecule has 1 aromatic rings. The van der Waals surface area contributed by atoms with Gasteiger partial charge in [-0.1, -0.05) is 30.7 Å². The summed E-state index contributed by atoms with van der Waals surface area (Å²) in [4.78, 5) is 0. The van der Waals surface area contributed by atoms with Crippen LogP contribution in [0.2, 0.25) is 0 Å². The second-order valence-corrected chi connectivity index (χ2v) is 6.28. The highest BCUT2D eigenvalue weighted by Gasteiger charge is 2.24. The molecular weight excluding hydrogens is 218 g/mol. The van der Waals surface area contributed by atoms with Crippen LogP contribution in [0.5, 0.6) is 0 Å². The third-order valence-electron chi connectivity index (χ3n) is 4.87. The van der Waals surface area contributed by atoms with E-state index in [2.05, 4.69) is 36.5 Å². The first-order valence-electron chi connectivity index (χ1n) is 7.64. The van der Waals surface area contributed by atoms with Gasteiger partial charge in [-0.2, -0.15) is 0 Å². The molecular formula is C17H25N. The molecule has 1 aliphatic heterocycles. The van der Waals surface area contributed by atoms with Crippen LogP contribution in [0.15, 0.2) is 24.3 Å². The van der Waals surface area contributed by atoms with Gasteiger partial charge >= 0.3 is 0 Å². The zero-order valence-corrected chi connectivity index (χ0v) is 11.5. The fourth-order valence-corrected chi connectivity index (χ4v) is 3.38. The molecule has 2 aliphatic rings. The van der Waals surface area contributed by atoms with E-state index in [1.54, 1.807) is 11.1 Å². The topological polar surface area (TPSA) is 12.0 Å². The monoisotopic (exact) mass is 243 g/mol. The summed E-state index contributed by atoms with van der Waals surface area (Å²) in [6, 6.07) is 9.90. The Kier molecular flexibility index (Phi) is 3.69. The summed E-state index contributed by atoms with van der Waals surface area (Å²) >= 11 is 0. The van der Waals surface area contributed by atoms with Crippen LogP contribution in [0, 0.1) is 5.92 Å². The highest BCUT2D eigenvalue weighted by molar-refractivity contribution is 5.32. The van der Waals surface area contributed by atoms with Crippen LogP contribution in [-0.4, -0.2) is 12.6 Å². The van der Waals surface area contributed by atoms with Crippen molar-refractivity contribution in [3.8, 4) is 0 Å². The number of nitrogens with one attached hydrogen (secondary N) is 1. The van der Waals surface area contributed by atoms with E-state index in [1.165, 1.54) is 45.1 Å². The molecule has 1 heterocycles. The van der Waals surface area contributed by atoms with Crippen LogP contribution in [0.1, 0.15) is 56.1 Å². The lowest BCUT2D eigenvalue weighted by atomic mass is 9.76. The first-order valence-corrected chi connectivity index (χ1v) is 7.64. The summed E-state index contributed by atoms with van der Waals surface area (Å²) in [7, 11) is 0. The lowest BCUT2D eigenvalue weighted by molar-refractivity contribution is 0.320. The fourth-order valence-electron chi connectivity index (χ4n) is 3.38. The van der Waals surface area contributed by atoms with Crippen molar-refractivity contribution in [1.29, 1.82) is 0 Å². The third-order valence-corrected chi connectivity index (χ3v) is 4.87. The maximum Gasteiger partial charge on any atom is 0.00389 e. The van der Waals surface area contributed by atoms with Gasteiger partial charge in [0, 0.05) is 6.04 Å². The summed E-state index contributed by atoms with van der Waals surface area (Å²) in [6.45, 7) is 3.51. The van der Waals surface area contributed by atoms with Crippen LogP contribution < -0.4 is 5.32 Å². The Bertz CT molecular complexity index is 386.